The van der Waals surface area contributed by atoms with E-state index in [4.69, 9.17) is 5.26 Å². The van der Waals surface area contributed by atoms with Crippen molar-refractivity contribution >= 4 is 5.91 Å². The molecule has 1 aromatic carbocycles. The van der Waals surface area contributed by atoms with Crippen molar-refractivity contribution in [3.05, 3.63) is 47.0 Å². The fraction of sp³-hybridized carbons (Fsp3) is 0.286. The molecule has 0 unspecified atom stereocenters. The number of fused-ring (bicyclic) bond motifs is 1. The molecule has 1 aromatic heterocycles. The second-order valence-corrected chi connectivity index (χ2v) is 5.01. The summed E-state index contributed by atoms with van der Waals surface area (Å²) in [6.45, 7) is 0.0310. The lowest BCUT2D eigenvalue weighted by Gasteiger charge is -2.28. The highest BCUT2D eigenvalue weighted by atomic mass is 19.4. The van der Waals surface area contributed by atoms with E-state index < -0.39 is 12.0 Å². The summed E-state index contributed by atoms with van der Waals surface area (Å²) in [5.41, 5.74) is 0.656. The molecule has 3 rings (SSSR count). The first-order valence-electron chi connectivity index (χ1n) is 6.69. The number of hydrogen-bond acceptors (Lipinski definition) is 4. The molecule has 0 fully saturated rings. The summed E-state index contributed by atoms with van der Waals surface area (Å²) in [5.74, 6) is -1.32. The van der Waals surface area contributed by atoms with Gasteiger partial charge in [0.25, 0.3) is 5.91 Å². The van der Waals surface area contributed by atoms with Gasteiger partial charge in [0.15, 0.2) is 5.82 Å². The van der Waals surface area contributed by atoms with Crippen molar-refractivity contribution in [2.75, 3.05) is 6.54 Å². The van der Waals surface area contributed by atoms with Crippen molar-refractivity contribution in [3.63, 3.8) is 0 Å². The van der Waals surface area contributed by atoms with Gasteiger partial charge in [-0.1, -0.05) is 6.07 Å². The molecule has 23 heavy (non-hydrogen) atoms. The maximum atomic E-state index is 12.8. The summed E-state index contributed by atoms with van der Waals surface area (Å²) in [5, 5.41) is 15.6. The summed E-state index contributed by atoms with van der Waals surface area (Å²) in [6.07, 6.45) is -4.57. The summed E-state index contributed by atoms with van der Waals surface area (Å²) < 4.78 is 39.3. The van der Waals surface area contributed by atoms with Crippen LogP contribution in [0.15, 0.2) is 24.3 Å². The molecule has 0 radical (unpaired) electrons. The lowest BCUT2D eigenvalue weighted by molar-refractivity contribution is -0.147. The number of rotatable bonds is 1. The van der Waals surface area contributed by atoms with E-state index in [0.29, 0.717) is 11.1 Å². The van der Waals surface area contributed by atoms with E-state index in [2.05, 4.69) is 10.2 Å². The quantitative estimate of drug-likeness (QED) is 0.803. The van der Waals surface area contributed by atoms with Gasteiger partial charge < -0.3 is 9.47 Å². The lowest BCUT2D eigenvalue weighted by atomic mass is 10.1. The normalized spacial score (nSPS) is 14.3. The number of carbonyl (C=O) groups excluding carboxylic acids is 1. The standard InChI is InChI=1S/C14H10F3N5O/c15-14(16,17)13-20-19-11-8-21(4-5-22(11)13)12(23)10-3-1-2-9(6-10)7-18/h1-3,6H,4-5,8H2. The van der Waals surface area contributed by atoms with Gasteiger partial charge in [0.1, 0.15) is 0 Å². The van der Waals surface area contributed by atoms with Crippen LogP contribution in [0.3, 0.4) is 0 Å². The van der Waals surface area contributed by atoms with Gasteiger partial charge in [-0.15, -0.1) is 10.2 Å². The van der Waals surface area contributed by atoms with Crippen LogP contribution in [0.25, 0.3) is 0 Å². The molecule has 9 heteroatoms. The maximum Gasteiger partial charge on any atom is 0.451 e. The molecule has 1 aliphatic rings. The summed E-state index contributed by atoms with van der Waals surface area (Å²) in [7, 11) is 0. The molecule has 0 saturated heterocycles. The summed E-state index contributed by atoms with van der Waals surface area (Å²) in [6, 6.07) is 8.10. The minimum Gasteiger partial charge on any atom is -0.329 e. The van der Waals surface area contributed by atoms with E-state index in [1.165, 1.54) is 11.0 Å². The smallest absolute Gasteiger partial charge is 0.329 e. The Labute approximate surface area is 128 Å². The zero-order valence-electron chi connectivity index (χ0n) is 11.7. The molecular weight excluding hydrogens is 311 g/mol. The van der Waals surface area contributed by atoms with Crippen LogP contribution in [0.5, 0.6) is 0 Å². The monoisotopic (exact) mass is 321 g/mol. The number of benzene rings is 1. The Hall–Kier alpha value is -2.89. The molecule has 118 valence electrons. The summed E-state index contributed by atoms with van der Waals surface area (Å²) in [4.78, 5) is 13.8. The number of hydrogen-bond donors (Lipinski definition) is 0. The average Bonchev–Trinajstić information content (AvgIpc) is 2.97. The van der Waals surface area contributed by atoms with E-state index in [-0.39, 0.29) is 31.4 Å². The Bertz CT molecular complexity index is 805. The van der Waals surface area contributed by atoms with Crippen LogP contribution in [-0.4, -0.2) is 32.1 Å². The first kappa shape index (κ1) is 15.0. The highest BCUT2D eigenvalue weighted by Gasteiger charge is 2.39. The van der Waals surface area contributed by atoms with Gasteiger partial charge in [-0.3, -0.25) is 4.79 Å². The number of nitriles is 1. The predicted molar refractivity (Wildman–Crippen MR) is 70.9 cm³/mol. The Morgan fingerprint density at radius 3 is 2.74 bits per heavy atom. The summed E-state index contributed by atoms with van der Waals surface area (Å²) >= 11 is 0. The lowest BCUT2D eigenvalue weighted by Crippen LogP contribution is -2.39. The molecule has 6 nitrogen and oxygen atoms in total. The van der Waals surface area contributed by atoms with Crippen molar-refractivity contribution in [3.8, 4) is 6.07 Å². The maximum absolute atomic E-state index is 12.8. The van der Waals surface area contributed by atoms with E-state index in [1.807, 2.05) is 6.07 Å². The molecule has 0 saturated carbocycles. The first-order chi connectivity index (χ1) is 10.9. The third-order valence-electron chi connectivity index (χ3n) is 3.53. The Morgan fingerprint density at radius 2 is 2.04 bits per heavy atom. The number of carbonyl (C=O) groups is 1. The zero-order chi connectivity index (χ0) is 16.6. The first-order valence-corrected chi connectivity index (χ1v) is 6.69. The third-order valence-corrected chi connectivity index (χ3v) is 3.53. The van der Waals surface area contributed by atoms with E-state index in [9.17, 15) is 18.0 Å². The zero-order valence-corrected chi connectivity index (χ0v) is 11.7. The van der Waals surface area contributed by atoms with Gasteiger partial charge in [0.2, 0.25) is 5.82 Å². The van der Waals surface area contributed by atoms with Crippen molar-refractivity contribution < 1.29 is 18.0 Å². The van der Waals surface area contributed by atoms with Crippen LogP contribution in [-0.2, 0) is 19.3 Å². The second kappa shape index (κ2) is 5.39. The number of aromatic nitrogens is 3. The molecule has 0 spiro atoms. The van der Waals surface area contributed by atoms with Crippen LogP contribution in [0.1, 0.15) is 27.6 Å². The van der Waals surface area contributed by atoms with E-state index in [0.717, 1.165) is 4.57 Å². The van der Waals surface area contributed by atoms with Crippen molar-refractivity contribution in [1.82, 2.24) is 19.7 Å². The van der Waals surface area contributed by atoms with E-state index >= 15 is 0 Å². The molecule has 0 aliphatic carbocycles. The van der Waals surface area contributed by atoms with Crippen molar-refractivity contribution in [2.45, 2.75) is 19.3 Å². The number of nitrogens with zero attached hydrogens (tertiary/aromatic N) is 5. The topological polar surface area (TPSA) is 74.8 Å². The van der Waals surface area contributed by atoms with Crippen LogP contribution >= 0.6 is 0 Å². The molecule has 1 aliphatic heterocycles. The molecule has 2 aromatic rings. The Balaban J connectivity index is 1.84. The molecule has 0 atom stereocenters. The fourth-order valence-electron chi connectivity index (χ4n) is 2.45. The van der Waals surface area contributed by atoms with Gasteiger partial charge in [-0.05, 0) is 18.2 Å². The van der Waals surface area contributed by atoms with Gasteiger partial charge in [-0.25, -0.2) is 0 Å². The molecule has 0 bridgehead atoms. The van der Waals surface area contributed by atoms with Gasteiger partial charge in [-0.2, -0.15) is 18.4 Å². The van der Waals surface area contributed by atoms with Crippen LogP contribution < -0.4 is 0 Å². The Morgan fingerprint density at radius 1 is 1.26 bits per heavy atom. The number of amides is 1. The van der Waals surface area contributed by atoms with Gasteiger partial charge in [0, 0.05) is 18.7 Å². The van der Waals surface area contributed by atoms with Crippen LogP contribution in [0.4, 0.5) is 13.2 Å². The molecule has 2 heterocycles. The van der Waals surface area contributed by atoms with Crippen LogP contribution in [0, 0.1) is 11.3 Å². The van der Waals surface area contributed by atoms with Gasteiger partial charge in [0.05, 0.1) is 18.2 Å². The number of alkyl halides is 3. The van der Waals surface area contributed by atoms with Crippen molar-refractivity contribution in [1.29, 1.82) is 5.26 Å². The van der Waals surface area contributed by atoms with Gasteiger partial charge >= 0.3 is 6.18 Å². The van der Waals surface area contributed by atoms with E-state index in [1.54, 1.807) is 18.2 Å². The largest absolute Gasteiger partial charge is 0.451 e. The fourth-order valence-corrected chi connectivity index (χ4v) is 2.45. The third kappa shape index (κ3) is 2.75. The number of halogens is 3. The predicted octanol–water partition coefficient (Wildman–Crippen LogP) is 1.82. The highest BCUT2D eigenvalue weighted by Crippen LogP contribution is 2.29. The molecule has 0 N–H and O–H groups in total. The van der Waals surface area contributed by atoms with Crippen LogP contribution in [0.2, 0.25) is 0 Å². The molecular formula is C14H10F3N5O. The Kier molecular flexibility index (Phi) is 3.52. The molecule has 1 amide bonds. The minimum absolute atomic E-state index is 0.0269. The average molecular weight is 321 g/mol. The second-order valence-electron chi connectivity index (χ2n) is 5.01. The van der Waals surface area contributed by atoms with Crippen molar-refractivity contribution in [2.24, 2.45) is 0 Å². The highest BCUT2D eigenvalue weighted by molar-refractivity contribution is 5.94. The SMILES string of the molecule is N#Cc1cccc(C(=O)N2CCn3c(nnc3C(F)(F)F)C2)c1. The minimum atomic E-state index is -4.57.